The maximum Gasteiger partial charge on any atom is 0.341 e. The lowest BCUT2D eigenvalue weighted by atomic mass is 10.1. The summed E-state index contributed by atoms with van der Waals surface area (Å²) in [6.45, 7) is 7.58. The number of carboxylic acids is 1. The molecule has 0 bridgehead atoms. The van der Waals surface area contributed by atoms with E-state index in [0.717, 1.165) is 32.5 Å². The Bertz CT molecular complexity index is 979. The Morgan fingerprint density at radius 1 is 1.25 bits per heavy atom. The second-order valence-corrected chi connectivity index (χ2v) is 7.21. The molecular weight excluding hydrogens is 429 g/mol. The highest BCUT2D eigenvalue weighted by atomic mass is 79.9. The van der Waals surface area contributed by atoms with Crippen molar-refractivity contribution in [3.8, 4) is 0 Å². The van der Waals surface area contributed by atoms with Gasteiger partial charge in [0.25, 0.3) is 0 Å². The van der Waals surface area contributed by atoms with E-state index in [1.165, 1.54) is 12.3 Å². The number of aromatic carboxylic acids is 1. The Labute approximate surface area is 172 Å². The monoisotopic (exact) mass is 451 g/mol. The third-order valence-electron chi connectivity index (χ3n) is 5.37. The van der Waals surface area contributed by atoms with Crippen molar-refractivity contribution in [2.75, 3.05) is 37.6 Å². The van der Waals surface area contributed by atoms with Gasteiger partial charge in [0.2, 0.25) is 5.43 Å². The summed E-state index contributed by atoms with van der Waals surface area (Å²) in [4.78, 5) is 28.2. The highest BCUT2D eigenvalue weighted by Gasteiger charge is 2.28. The van der Waals surface area contributed by atoms with Crippen molar-refractivity contribution in [3.05, 3.63) is 52.6 Å². The summed E-state index contributed by atoms with van der Waals surface area (Å²) in [6, 6.07) is 3.09. The van der Waals surface area contributed by atoms with Crippen LogP contribution in [0.5, 0.6) is 0 Å². The van der Waals surface area contributed by atoms with E-state index in [-0.39, 0.29) is 34.0 Å². The number of fused-ring (bicyclic) bond motifs is 1. The van der Waals surface area contributed by atoms with Gasteiger partial charge >= 0.3 is 5.97 Å². The Morgan fingerprint density at radius 3 is 2.50 bits per heavy atom. The maximum atomic E-state index is 14.8. The minimum Gasteiger partial charge on any atom is -0.477 e. The number of carbonyl (C=O) groups is 1. The van der Waals surface area contributed by atoms with Gasteiger partial charge in [-0.25, -0.2) is 9.18 Å². The van der Waals surface area contributed by atoms with Gasteiger partial charge in [-0.05, 0) is 25.0 Å². The molecule has 0 spiro atoms. The summed E-state index contributed by atoms with van der Waals surface area (Å²) < 4.78 is 16.7. The van der Waals surface area contributed by atoms with E-state index in [0.29, 0.717) is 24.3 Å². The van der Waals surface area contributed by atoms with Gasteiger partial charge in [-0.15, -0.1) is 23.6 Å². The van der Waals surface area contributed by atoms with Crippen LogP contribution in [-0.2, 0) is 0 Å². The number of carboxylic acid groups (broad SMARTS) is 1. The van der Waals surface area contributed by atoms with Crippen molar-refractivity contribution in [3.63, 3.8) is 0 Å². The van der Waals surface area contributed by atoms with Gasteiger partial charge in [-0.2, -0.15) is 0 Å². The molecule has 1 saturated heterocycles. The summed E-state index contributed by atoms with van der Waals surface area (Å²) >= 11 is 0. The molecule has 150 valence electrons. The first kappa shape index (κ1) is 20.5. The van der Waals surface area contributed by atoms with Crippen LogP contribution in [0, 0.1) is 5.82 Å². The van der Waals surface area contributed by atoms with E-state index in [1.807, 2.05) is 15.5 Å². The summed E-state index contributed by atoms with van der Waals surface area (Å²) in [6.07, 6.45) is 5.14. The molecule has 8 heteroatoms. The average molecular weight is 452 g/mol. The number of benzene rings is 1. The molecule has 1 aliphatic carbocycles. The molecule has 1 aliphatic heterocycles. The minimum absolute atomic E-state index is 0. The predicted octanol–water partition coefficient (Wildman–Crippen LogP) is 3.06. The van der Waals surface area contributed by atoms with E-state index in [4.69, 9.17) is 0 Å². The molecular formula is C20H23BrFN3O3. The lowest BCUT2D eigenvalue weighted by molar-refractivity contribution is 0.0695. The fourth-order valence-electron chi connectivity index (χ4n) is 3.76. The first-order valence-electron chi connectivity index (χ1n) is 9.19. The van der Waals surface area contributed by atoms with Crippen LogP contribution < -0.4 is 10.3 Å². The molecule has 0 radical (unpaired) electrons. The Hall–Kier alpha value is -2.19. The smallest absolute Gasteiger partial charge is 0.341 e. The summed E-state index contributed by atoms with van der Waals surface area (Å²) in [7, 11) is 0. The van der Waals surface area contributed by atoms with Gasteiger partial charge in [0.1, 0.15) is 11.4 Å². The number of rotatable bonds is 5. The third kappa shape index (κ3) is 3.71. The molecule has 2 aliphatic rings. The van der Waals surface area contributed by atoms with Crippen molar-refractivity contribution in [1.29, 1.82) is 0 Å². The van der Waals surface area contributed by atoms with Crippen molar-refractivity contribution in [1.82, 2.24) is 9.47 Å². The van der Waals surface area contributed by atoms with Crippen LogP contribution in [0.2, 0.25) is 0 Å². The van der Waals surface area contributed by atoms with Crippen LogP contribution in [0.25, 0.3) is 10.9 Å². The highest BCUT2D eigenvalue weighted by molar-refractivity contribution is 8.93. The number of halogens is 2. The molecule has 0 atom stereocenters. The van der Waals surface area contributed by atoms with Crippen LogP contribution in [0.4, 0.5) is 10.1 Å². The average Bonchev–Trinajstić information content (AvgIpc) is 3.48. The number of piperazine rings is 1. The topological polar surface area (TPSA) is 65.8 Å². The molecule has 2 heterocycles. The van der Waals surface area contributed by atoms with Crippen molar-refractivity contribution in [2.45, 2.75) is 18.9 Å². The van der Waals surface area contributed by atoms with Crippen LogP contribution in [0.15, 0.2) is 35.8 Å². The Kier molecular flexibility index (Phi) is 5.90. The molecule has 2 aromatic rings. The summed E-state index contributed by atoms with van der Waals surface area (Å²) in [5.41, 5.74) is 0.144. The zero-order valence-corrected chi connectivity index (χ0v) is 17.1. The molecule has 2 fully saturated rings. The SMILES string of the molecule is Br.C=CCN1CCN(c2cc3c(cc2F)c(=O)c(C(=O)O)cn3C2CC2)CC1. The fraction of sp³-hybridized carbons (Fsp3) is 0.400. The van der Waals surface area contributed by atoms with Crippen LogP contribution >= 0.6 is 17.0 Å². The van der Waals surface area contributed by atoms with Gasteiger partial charge in [0, 0.05) is 50.3 Å². The van der Waals surface area contributed by atoms with Gasteiger partial charge < -0.3 is 14.6 Å². The van der Waals surface area contributed by atoms with E-state index < -0.39 is 17.2 Å². The predicted molar refractivity (Wildman–Crippen MR) is 113 cm³/mol. The number of pyridine rings is 1. The molecule has 4 rings (SSSR count). The Balaban J connectivity index is 0.00000225. The van der Waals surface area contributed by atoms with Gasteiger partial charge in [-0.1, -0.05) is 6.08 Å². The maximum absolute atomic E-state index is 14.8. The van der Waals surface area contributed by atoms with Crippen molar-refractivity contribution >= 4 is 39.5 Å². The van der Waals surface area contributed by atoms with Crippen LogP contribution in [0.1, 0.15) is 29.2 Å². The second kappa shape index (κ2) is 8.05. The van der Waals surface area contributed by atoms with Crippen LogP contribution in [0.3, 0.4) is 0 Å². The molecule has 0 unspecified atom stereocenters. The van der Waals surface area contributed by atoms with Crippen molar-refractivity contribution in [2.24, 2.45) is 0 Å². The fourth-order valence-corrected chi connectivity index (χ4v) is 3.76. The minimum atomic E-state index is -1.28. The summed E-state index contributed by atoms with van der Waals surface area (Å²) in [5.74, 6) is -1.76. The molecule has 28 heavy (non-hydrogen) atoms. The first-order chi connectivity index (χ1) is 13.0. The Morgan fingerprint density at radius 2 is 1.93 bits per heavy atom. The van der Waals surface area contributed by atoms with Gasteiger partial charge in [-0.3, -0.25) is 9.69 Å². The molecule has 1 aromatic heterocycles. The first-order valence-corrected chi connectivity index (χ1v) is 9.19. The molecule has 6 nitrogen and oxygen atoms in total. The number of nitrogens with zero attached hydrogens (tertiary/aromatic N) is 3. The van der Waals surface area contributed by atoms with E-state index in [2.05, 4.69) is 11.5 Å². The van der Waals surface area contributed by atoms with E-state index in [9.17, 15) is 19.1 Å². The number of hydrogen-bond acceptors (Lipinski definition) is 4. The number of anilines is 1. The lowest BCUT2D eigenvalue weighted by Crippen LogP contribution is -2.46. The number of aromatic nitrogens is 1. The lowest BCUT2D eigenvalue weighted by Gasteiger charge is -2.35. The zero-order valence-electron chi connectivity index (χ0n) is 15.4. The largest absolute Gasteiger partial charge is 0.477 e. The van der Waals surface area contributed by atoms with E-state index in [1.54, 1.807) is 6.07 Å². The summed E-state index contributed by atoms with van der Waals surface area (Å²) in [5, 5.41) is 9.45. The van der Waals surface area contributed by atoms with E-state index >= 15 is 0 Å². The molecule has 1 saturated carbocycles. The van der Waals surface area contributed by atoms with Gasteiger partial charge in [0.15, 0.2) is 0 Å². The van der Waals surface area contributed by atoms with Gasteiger partial charge in [0.05, 0.1) is 11.2 Å². The van der Waals surface area contributed by atoms with Crippen LogP contribution in [-0.4, -0.2) is 53.3 Å². The molecule has 1 aromatic carbocycles. The normalized spacial score (nSPS) is 17.4. The quantitative estimate of drug-likeness (QED) is 0.707. The molecule has 0 amide bonds. The van der Waals surface area contributed by atoms with Crippen molar-refractivity contribution < 1.29 is 14.3 Å². The standard InChI is InChI=1S/C20H22FN3O3.BrH/c1-2-5-22-6-8-23(9-7-22)18-11-17-14(10-16(18)21)19(25)15(20(26)27)12-24(17)13-3-4-13;/h2,10-13H,1,3-9H2,(H,26,27);1H. The number of hydrogen-bond donors (Lipinski definition) is 1. The third-order valence-corrected chi connectivity index (χ3v) is 5.37. The highest BCUT2D eigenvalue weighted by Crippen LogP contribution is 2.38. The zero-order chi connectivity index (χ0) is 19.1. The second-order valence-electron chi connectivity index (χ2n) is 7.21. The molecule has 1 N–H and O–H groups in total.